The Morgan fingerprint density at radius 3 is 2.95 bits per heavy atom. The van der Waals surface area contributed by atoms with Gasteiger partial charge in [0, 0.05) is 30.5 Å². The van der Waals surface area contributed by atoms with Crippen molar-refractivity contribution in [1.82, 2.24) is 25.1 Å². The quantitative estimate of drug-likeness (QED) is 0.893. The topological polar surface area (TPSA) is 55.6 Å². The summed E-state index contributed by atoms with van der Waals surface area (Å²) in [4.78, 5) is 4.34. The fourth-order valence-corrected chi connectivity index (χ4v) is 2.64. The summed E-state index contributed by atoms with van der Waals surface area (Å²) < 4.78 is 2.23. The number of hydrogen-bond donors (Lipinski definition) is 1. The van der Waals surface area contributed by atoms with Gasteiger partial charge in [-0.3, -0.25) is 4.98 Å². The Balaban J connectivity index is 2.09. The van der Waals surface area contributed by atoms with Crippen LogP contribution in [-0.4, -0.2) is 26.3 Å². The second kappa shape index (κ2) is 4.74. The van der Waals surface area contributed by atoms with Gasteiger partial charge in [-0.2, -0.15) is 0 Å². The van der Waals surface area contributed by atoms with E-state index in [0.717, 1.165) is 36.0 Å². The fourth-order valence-electron chi connectivity index (χ4n) is 2.64. The maximum Gasteiger partial charge on any atom is 0.165 e. The predicted octanol–water partition coefficient (Wildman–Crippen LogP) is 1.95. The number of pyridine rings is 1. The van der Waals surface area contributed by atoms with Crippen LogP contribution >= 0.6 is 0 Å². The number of nitrogens with one attached hydrogen (secondary N) is 1. The Morgan fingerprint density at radius 2 is 2.21 bits per heavy atom. The van der Waals surface area contributed by atoms with E-state index >= 15 is 0 Å². The van der Waals surface area contributed by atoms with Crippen LogP contribution in [0.25, 0.3) is 11.4 Å². The Kier molecular flexibility index (Phi) is 3.06. The minimum atomic E-state index is 0.284. The van der Waals surface area contributed by atoms with Gasteiger partial charge in [0.2, 0.25) is 0 Å². The fraction of sp³-hybridized carbons (Fsp3) is 0.500. The van der Waals surface area contributed by atoms with Crippen LogP contribution in [0, 0.1) is 12.8 Å². The molecule has 100 valence electrons. The second-order valence-electron chi connectivity index (χ2n) is 5.35. The van der Waals surface area contributed by atoms with E-state index in [2.05, 4.69) is 45.0 Å². The molecule has 0 amide bonds. The molecule has 2 aromatic rings. The highest BCUT2D eigenvalue weighted by molar-refractivity contribution is 5.58. The monoisotopic (exact) mass is 257 g/mol. The third-order valence-corrected chi connectivity index (χ3v) is 3.67. The van der Waals surface area contributed by atoms with Gasteiger partial charge < -0.3 is 9.88 Å². The van der Waals surface area contributed by atoms with Crippen molar-refractivity contribution in [2.75, 3.05) is 6.54 Å². The van der Waals surface area contributed by atoms with Crippen molar-refractivity contribution in [3.05, 3.63) is 29.8 Å². The van der Waals surface area contributed by atoms with Crippen LogP contribution in [0.1, 0.15) is 31.4 Å². The molecular weight excluding hydrogens is 238 g/mol. The molecule has 1 unspecified atom stereocenters. The van der Waals surface area contributed by atoms with Crippen LogP contribution in [0.5, 0.6) is 0 Å². The zero-order valence-corrected chi connectivity index (χ0v) is 11.6. The highest BCUT2D eigenvalue weighted by Crippen LogP contribution is 2.28. The minimum absolute atomic E-state index is 0.284. The standard InChI is InChI=1S/C14H19N5/c1-9(2)12-14-18-17-13(19(14)8-7-16-12)11-5-4-6-15-10(11)3/h4-6,9,12,16H,7-8H2,1-3H3. The number of fused-ring (bicyclic) bond motifs is 1. The zero-order chi connectivity index (χ0) is 13.4. The molecule has 0 saturated carbocycles. The smallest absolute Gasteiger partial charge is 0.165 e. The van der Waals surface area contributed by atoms with Crippen molar-refractivity contribution in [2.45, 2.75) is 33.4 Å². The molecular formula is C14H19N5. The molecule has 0 aromatic carbocycles. The van der Waals surface area contributed by atoms with E-state index in [1.165, 1.54) is 0 Å². The SMILES string of the molecule is Cc1ncccc1-c1nnc2n1CCNC2C(C)C. The Labute approximate surface area is 113 Å². The first kappa shape index (κ1) is 12.3. The lowest BCUT2D eigenvalue weighted by Gasteiger charge is -2.27. The van der Waals surface area contributed by atoms with E-state index in [-0.39, 0.29) is 6.04 Å². The van der Waals surface area contributed by atoms with E-state index in [4.69, 9.17) is 0 Å². The van der Waals surface area contributed by atoms with Gasteiger partial charge >= 0.3 is 0 Å². The number of hydrogen-bond acceptors (Lipinski definition) is 4. The Morgan fingerprint density at radius 1 is 1.37 bits per heavy atom. The lowest BCUT2D eigenvalue weighted by Crippen LogP contribution is -2.36. The molecule has 0 radical (unpaired) electrons. The van der Waals surface area contributed by atoms with E-state index in [0.29, 0.717) is 5.92 Å². The average Bonchev–Trinajstić information content (AvgIpc) is 2.82. The average molecular weight is 257 g/mol. The molecule has 1 atom stereocenters. The van der Waals surface area contributed by atoms with Crippen molar-refractivity contribution in [3.8, 4) is 11.4 Å². The third kappa shape index (κ3) is 2.04. The summed E-state index contributed by atoms with van der Waals surface area (Å²) in [6, 6.07) is 4.30. The van der Waals surface area contributed by atoms with Gasteiger partial charge in [0.25, 0.3) is 0 Å². The van der Waals surface area contributed by atoms with Crippen molar-refractivity contribution >= 4 is 0 Å². The molecule has 1 aliphatic rings. The van der Waals surface area contributed by atoms with Gasteiger partial charge in [0.1, 0.15) is 0 Å². The van der Waals surface area contributed by atoms with E-state index in [1.54, 1.807) is 0 Å². The predicted molar refractivity (Wildman–Crippen MR) is 73.6 cm³/mol. The van der Waals surface area contributed by atoms with Gasteiger partial charge in [-0.1, -0.05) is 13.8 Å². The maximum atomic E-state index is 4.40. The highest BCUT2D eigenvalue weighted by atomic mass is 15.3. The summed E-state index contributed by atoms with van der Waals surface area (Å²) in [6.45, 7) is 8.29. The van der Waals surface area contributed by atoms with Gasteiger partial charge in [-0.15, -0.1) is 10.2 Å². The van der Waals surface area contributed by atoms with Crippen LogP contribution in [0.4, 0.5) is 0 Å². The minimum Gasteiger partial charge on any atom is -0.308 e. The molecule has 1 N–H and O–H groups in total. The molecule has 5 nitrogen and oxygen atoms in total. The summed E-state index contributed by atoms with van der Waals surface area (Å²) >= 11 is 0. The Hall–Kier alpha value is -1.75. The first-order valence-corrected chi connectivity index (χ1v) is 6.77. The highest BCUT2D eigenvalue weighted by Gasteiger charge is 2.27. The molecule has 0 fully saturated rings. The second-order valence-corrected chi connectivity index (χ2v) is 5.35. The summed E-state index contributed by atoms with van der Waals surface area (Å²) in [5, 5.41) is 12.3. The molecule has 5 heteroatoms. The molecule has 3 rings (SSSR count). The molecule has 0 aliphatic carbocycles. The van der Waals surface area contributed by atoms with Crippen LogP contribution in [0.2, 0.25) is 0 Å². The normalized spacial score (nSPS) is 18.6. The van der Waals surface area contributed by atoms with Gasteiger partial charge in [-0.25, -0.2) is 0 Å². The number of nitrogens with zero attached hydrogens (tertiary/aromatic N) is 4. The van der Waals surface area contributed by atoms with Crippen LogP contribution in [-0.2, 0) is 6.54 Å². The summed E-state index contributed by atoms with van der Waals surface area (Å²) in [5.41, 5.74) is 2.07. The largest absolute Gasteiger partial charge is 0.308 e. The van der Waals surface area contributed by atoms with Crippen LogP contribution in [0.3, 0.4) is 0 Å². The van der Waals surface area contributed by atoms with E-state index in [1.807, 2.05) is 19.2 Å². The first-order chi connectivity index (χ1) is 9.18. The maximum absolute atomic E-state index is 4.40. The molecule has 19 heavy (non-hydrogen) atoms. The molecule has 0 bridgehead atoms. The molecule has 2 aromatic heterocycles. The lowest BCUT2D eigenvalue weighted by molar-refractivity contribution is 0.339. The van der Waals surface area contributed by atoms with E-state index in [9.17, 15) is 0 Å². The van der Waals surface area contributed by atoms with Gasteiger partial charge in [0.15, 0.2) is 11.6 Å². The Bertz CT molecular complexity index is 587. The molecule has 1 aliphatic heterocycles. The first-order valence-electron chi connectivity index (χ1n) is 6.77. The van der Waals surface area contributed by atoms with E-state index < -0.39 is 0 Å². The lowest BCUT2D eigenvalue weighted by atomic mass is 10.0. The van der Waals surface area contributed by atoms with Gasteiger partial charge in [-0.05, 0) is 25.0 Å². The molecule has 0 spiro atoms. The zero-order valence-electron chi connectivity index (χ0n) is 11.6. The number of aryl methyl sites for hydroxylation is 1. The van der Waals surface area contributed by atoms with Crippen molar-refractivity contribution < 1.29 is 0 Å². The summed E-state index contributed by atoms with van der Waals surface area (Å²) in [6.07, 6.45) is 1.81. The van der Waals surface area contributed by atoms with Crippen molar-refractivity contribution in [2.24, 2.45) is 5.92 Å². The van der Waals surface area contributed by atoms with Crippen LogP contribution < -0.4 is 5.32 Å². The molecule has 3 heterocycles. The van der Waals surface area contributed by atoms with Gasteiger partial charge in [0.05, 0.1) is 6.04 Å². The number of rotatable bonds is 2. The summed E-state index contributed by atoms with van der Waals surface area (Å²) in [7, 11) is 0. The molecule has 0 saturated heterocycles. The number of aromatic nitrogens is 4. The van der Waals surface area contributed by atoms with Crippen LogP contribution in [0.15, 0.2) is 18.3 Å². The van der Waals surface area contributed by atoms with Crippen molar-refractivity contribution in [1.29, 1.82) is 0 Å². The third-order valence-electron chi connectivity index (χ3n) is 3.67. The summed E-state index contributed by atoms with van der Waals surface area (Å²) in [5.74, 6) is 2.48. The van der Waals surface area contributed by atoms with Crippen molar-refractivity contribution in [3.63, 3.8) is 0 Å².